The maximum atomic E-state index is 12.9. The average Bonchev–Trinajstić information content (AvgIpc) is 2.95. The average molecular weight is 469 g/mol. The first-order valence-corrected chi connectivity index (χ1v) is 11.1. The van der Waals surface area contributed by atoms with Crippen LogP contribution in [0.3, 0.4) is 0 Å². The standard InChI is InChI=1S/C24H36O9/c1-8-32-24(31)20(9-17-13(4)15(6)33-16(17)7)14(5)19(23(29)30)10-18(22(27)28)11(2)12(3)21(25)26/h11-12,14,18-20H,8-10H2,1-7H3,(H,25,26)(H,27,28)(H,29,30). The number of carbonyl (C=O) groups is 4. The Balaban J connectivity index is 3.35. The summed E-state index contributed by atoms with van der Waals surface area (Å²) in [7, 11) is 0. The highest BCUT2D eigenvalue weighted by atomic mass is 16.5. The molecule has 0 saturated carbocycles. The van der Waals surface area contributed by atoms with Crippen LogP contribution in [-0.2, 0) is 30.3 Å². The lowest BCUT2D eigenvalue weighted by Gasteiger charge is -2.31. The minimum Gasteiger partial charge on any atom is -0.481 e. The molecule has 6 atom stereocenters. The number of aryl methyl sites for hydroxylation is 2. The Morgan fingerprint density at radius 3 is 1.73 bits per heavy atom. The van der Waals surface area contributed by atoms with Crippen molar-refractivity contribution in [2.24, 2.45) is 35.5 Å². The van der Waals surface area contributed by atoms with Gasteiger partial charge < -0.3 is 24.5 Å². The molecule has 186 valence electrons. The highest BCUT2D eigenvalue weighted by Crippen LogP contribution is 2.36. The van der Waals surface area contributed by atoms with Crippen molar-refractivity contribution in [2.45, 2.75) is 61.3 Å². The summed E-state index contributed by atoms with van der Waals surface area (Å²) in [6, 6.07) is 0. The van der Waals surface area contributed by atoms with Gasteiger partial charge in [-0.25, -0.2) is 0 Å². The Labute approximate surface area is 194 Å². The van der Waals surface area contributed by atoms with Crippen molar-refractivity contribution < 1.29 is 43.7 Å². The number of hydrogen-bond acceptors (Lipinski definition) is 6. The summed E-state index contributed by atoms with van der Waals surface area (Å²) in [5.74, 6) is -8.69. The first-order chi connectivity index (χ1) is 15.2. The van der Waals surface area contributed by atoms with Gasteiger partial charge in [-0.3, -0.25) is 19.2 Å². The van der Waals surface area contributed by atoms with E-state index in [9.17, 15) is 34.5 Å². The Kier molecular flexibility index (Phi) is 10.1. The van der Waals surface area contributed by atoms with Crippen LogP contribution < -0.4 is 0 Å². The molecule has 9 heteroatoms. The van der Waals surface area contributed by atoms with Gasteiger partial charge in [0.05, 0.1) is 30.3 Å². The molecule has 1 rings (SSSR count). The van der Waals surface area contributed by atoms with Crippen molar-refractivity contribution in [3.05, 3.63) is 22.6 Å². The van der Waals surface area contributed by atoms with Crippen molar-refractivity contribution >= 4 is 23.9 Å². The van der Waals surface area contributed by atoms with E-state index in [1.807, 2.05) is 6.92 Å². The molecule has 1 aromatic heterocycles. The number of ether oxygens (including phenoxy) is 1. The molecular formula is C24H36O9. The van der Waals surface area contributed by atoms with Gasteiger partial charge in [0.25, 0.3) is 0 Å². The SMILES string of the molecule is CCOC(=O)C(Cc1c(C)oc(C)c1C)C(C)C(CC(C(=O)O)C(C)C(C)C(=O)O)C(=O)O. The van der Waals surface area contributed by atoms with Crippen molar-refractivity contribution in [3.8, 4) is 0 Å². The van der Waals surface area contributed by atoms with Crippen LogP contribution in [0.1, 0.15) is 56.8 Å². The van der Waals surface area contributed by atoms with Crippen LogP contribution in [-0.4, -0.2) is 45.8 Å². The zero-order valence-electron chi connectivity index (χ0n) is 20.4. The first kappa shape index (κ1) is 28.2. The number of carbonyl (C=O) groups excluding carboxylic acids is 1. The predicted octanol–water partition coefficient (Wildman–Crippen LogP) is 3.71. The van der Waals surface area contributed by atoms with Gasteiger partial charge in [0, 0.05) is 0 Å². The highest BCUT2D eigenvalue weighted by Gasteiger charge is 2.42. The fourth-order valence-electron chi connectivity index (χ4n) is 4.30. The van der Waals surface area contributed by atoms with Gasteiger partial charge >= 0.3 is 23.9 Å². The van der Waals surface area contributed by atoms with E-state index in [4.69, 9.17) is 9.15 Å². The molecule has 1 heterocycles. The molecule has 3 N–H and O–H groups in total. The topological polar surface area (TPSA) is 151 Å². The lowest BCUT2D eigenvalue weighted by Crippen LogP contribution is -2.39. The maximum Gasteiger partial charge on any atom is 0.309 e. The fraction of sp³-hybridized carbons (Fsp3) is 0.667. The van der Waals surface area contributed by atoms with Gasteiger partial charge in [0.1, 0.15) is 11.5 Å². The third-order valence-electron chi connectivity index (χ3n) is 6.95. The zero-order valence-corrected chi connectivity index (χ0v) is 20.4. The van der Waals surface area contributed by atoms with Crippen LogP contribution in [0, 0.1) is 56.3 Å². The largest absolute Gasteiger partial charge is 0.481 e. The molecule has 0 spiro atoms. The molecule has 0 fully saturated rings. The van der Waals surface area contributed by atoms with E-state index in [0.717, 1.165) is 11.1 Å². The number of hydrogen-bond donors (Lipinski definition) is 3. The van der Waals surface area contributed by atoms with E-state index in [1.165, 1.54) is 13.8 Å². The maximum absolute atomic E-state index is 12.9. The smallest absolute Gasteiger partial charge is 0.309 e. The fourth-order valence-corrected chi connectivity index (χ4v) is 4.30. The molecule has 33 heavy (non-hydrogen) atoms. The monoisotopic (exact) mass is 468 g/mol. The normalized spacial score (nSPS) is 16.8. The van der Waals surface area contributed by atoms with Crippen LogP contribution in [0.25, 0.3) is 0 Å². The number of esters is 1. The summed E-state index contributed by atoms with van der Waals surface area (Å²) in [5, 5.41) is 29.0. The second-order valence-corrected chi connectivity index (χ2v) is 8.85. The summed E-state index contributed by atoms with van der Waals surface area (Å²) in [5.41, 5.74) is 1.66. The van der Waals surface area contributed by atoms with E-state index in [0.29, 0.717) is 11.5 Å². The Bertz CT molecular complexity index is 870. The van der Waals surface area contributed by atoms with Crippen LogP contribution in [0.2, 0.25) is 0 Å². The van der Waals surface area contributed by atoms with Gasteiger partial charge in [0.15, 0.2) is 0 Å². The third-order valence-corrected chi connectivity index (χ3v) is 6.95. The molecule has 0 saturated heterocycles. The van der Waals surface area contributed by atoms with E-state index in [1.54, 1.807) is 27.7 Å². The first-order valence-electron chi connectivity index (χ1n) is 11.1. The third kappa shape index (κ3) is 6.82. The van der Waals surface area contributed by atoms with Crippen molar-refractivity contribution in [2.75, 3.05) is 6.61 Å². The van der Waals surface area contributed by atoms with E-state index >= 15 is 0 Å². The second-order valence-electron chi connectivity index (χ2n) is 8.85. The minimum absolute atomic E-state index is 0.118. The predicted molar refractivity (Wildman–Crippen MR) is 119 cm³/mol. The van der Waals surface area contributed by atoms with Crippen molar-refractivity contribution in [1.82, 2.24) is 0 Å². The van der Waals surface area contributed by atoms with Gasteiger partial charge in [-0.05, 0) is 63.5 Å². The lowest BCUT2D eigenvalue weighted by molar-refractivity contribution is -0.154. The summed E-state index contributed by atoms with van der Waals surface area (Å²) < 4.78 is 10.9. The quantitative estimate of drug-likeness (QED) is 0.368. The van der Waals surface area contributed by atoms with Crippen molar-refractivity contribution in [1.29, 1.82) is 0 Å². The molecule has 0 amide bonds. The van der Waals surface area contributed by atoms with Crippen molar-refractivity contribution in [3.63, 3.8) is 0 Å². The number of carboxylic acids is 3. The summed E-state index contributed by atoms with van der Waals surface area (Å²) >= 11 is 0. The molecular weight excluding hydrogens is 432 g/mol. The second kappa shape index (κ2) is 11.9. The highest BCUT2D eigenvalue weighted by molar-refractivity contribution is 5.78. The number of aliphatic carboxylic acids is 3. The molecule has 0 aromatic carbocycles. The van der Waals surface area contributed by atoms with Gasteiger partial charge in [-0.1, -0.05) is 20.8 Å². The molecule has 0 aliphatic heterocycles. The summed E-state index contributed by atoms with van der Waals surface area (Å²) in [4.78, 5) is 48.4. The zero-order chi connectivity index (χ0) is 25.6. The number of carboxylic acid groups (broad SMARTS) is 3. The van der Waals surface area contributed by atoms with E-state index in [2.05, 4.69) is 0 Å². The molecule has 6 unspecified atom stereocenters. The Morgan fingerprint density at radius 2 is 1.33 bits per heavy atom. The van der Waals surface area contributed by atoms with Gasteiger partial charge in [0.2, 0.25) is 0 Å². The Hall–Kier alpha value is -2.84. The van der Waals surface area contributed by atoms with Crippen LogP contribution in [0.15, 0.2) is 4.42 Å². The summed E-state index contributed by atoms with van der Waals surface area (Å²) in [6.07, 6.45) is -0.111. The molecule has 0 aliphatic carbocycles. The van der Waals surface area contributed by atoms with Crippen LogP contribution in [0.4, 0.5) is 0 Å². The lowest BCUT2D eigenvalue weighted by atomic mass is 9.72. The number of furan rings is 1. The molecule has 0 bridgehead atoms. The molecule has 1 aromatic rings. The summed E-state index contributed by atoms with van der Waals surface area (Å²) in [6.45, 7) is 11.7. The van der Waals surface area contributed by atoms with Gasteiger partial charge in [-0.15, -0.1) is 0 Å². The minimum atomic E-state index is -1.26. The molecule has 0 aliphatic rings. The van der Waals surface area contributed by atoms with Crippen LogP contribution in [0.5, 0.6) is 0 Å². The molecule has 0 radical (unpaired) electrons. The molecule has 9 nitrogen and oxygen atoms in total. The van der Waals surface area contributed by atoms with Crippen LogP contribution >= 0.6 is 0 Å². The van der Waals surface area contributed by atoms with E-state index in [-0.39, 0.29) is 19.4 Å². The van der Waals surface area contributed by atoms with E-state index < -0.39 is 59.4 Å². The Morgan fingerprint density at radius 1 is 0.818 bits per heavy atom. The van der Waals surface area contributed by atoms with Gasteiger partial charge in [-0.2, -0.15) is 0 Å². The number of rotatable bonds is 13.